The van der Waals surface area contributed by atoms with Gasteiger partial charge < -0.3 is 0 Å². The normalized spacial score (nSPS) is 10.5. The van der Waals surface area contributed by atoms with Crippen LogP contribution in [0.2, 0.25) is 5.02 Å². The molecule has 0 atom stereocenters. The van der Waals surface area contributed by atoms with Gasteiger partial charge >= 0.3 is 0 Å². The Balaban J connectivity index is 2.28. The second kappa shape index (κ2) is 6.22. The Morgan fingerprint density at radius 2 is 2.00 bits per heavy atom. The zero-order valence-electron chi connectivity index (χ0n) is 10.3. The van der Waals surface area contributed by atoms with Crippen molar-refractivity contribution in [2.24, 2.45) is 0 Å². The highest BCUT2D eigenvalue weighted by molar-refractivity contribution is 7.98. The van der Waals surface area contributed by atoms with Crippen LogP contribution in [0.5, 0.6) is 0 Å². The van der Waals surface area contributed by atoms with E-state index in [1.165, 1.54) is 30.0 Å². The first-order valence-electron chi connectivity index (χ1n) is 5.72. The maximum absolute atomic E-state index is 13.2. The Kier molecular flexibility index (Phi) is 4.61. The second-order valence-electron chi connectivity index (χ2n) is 4.04. The van der Waals surface area contributed by atoms with E-state index in [9.17, 15) is 9.18 Å². The number of carbonyl (C=O) groups excluding carboxylic acids is 1. The number of carbonyl (C=O) groups is 1. The van der Waals surface area contributed by atoms with Crippen molar-refractivity contribution in [1.82, 2.24) is 0 Å². The van der Waals surface area contributed by atoms with E-state index in [4.69, 9.17) is 11.6 Å². The van der Waals surface area contributed by atoms with Gasteiger partial charge in [-0.3, -0.25) is 4.79 Å². The van der Waals surface area contributed by atoms with Crippen LogP contribution in [-0.4, -0.2) is 12.0 Å². The molecule has 0 radical (unpaired) electrons. The summed E-state index contributed by atoms with van der Waals surface area (Å²) in [5.74, 6) is -0.442. The molecule has 0 aliphatic carbocycles. The minimum atomic E-state index is -0.384. The molecule has 0 heterocycles. The van der Waals surface area contributed by atoms with Gasteiger partial charge in [0.1, 0.15) is 5.82 Å². The van der Waals surface area contributed by atoms with Crippen LogP contribution in [0, 0.1) is 5.82 Å². The summed E-state index contributed by atoms with van der Waals surface area (Å²) in [7, 11) is 0. The summed E-state index contributed by atoms with van der Waals surface area (Å²) in [6, 6.07) is 11.4. The molecule has 0 aliphatic heterocycles. The number of hydrogen-bond acceptors (Lipinski definition) is 2. The molecule has 0 bridgehead atoms. The van der Waals surface area contributed by atoms with Crippen molar-refractivity contribution >= 4 is 29.1 Å². The van der Waals surface area contributed by atoms with Gasteiger partial charge in [0.2, 0.25) is 0 Å². The number of rotatable bonds is 4. The molecule has 0 N–H and O–H groups in total. The molecule has 0 amide bonds. The van der Waals surface area contributed by atoms with Crippen LogP contribution >= 0.6 is 23.4 Å². The molecule has 0 fully saturated rings. The number of hydrogen-bond donors (Lipinski definition) is 0. The van der Waals surface area contributed by atoms with Crippen molar-refractivity contribution in [2.45, 2.75) is 11.3 Å². The second-order valence-corrected chi connectivity index (χ2v) is 5.29. The number of thioether (sulfide) groups is 1. The Bertz CT molecular complexity index is 613. The summed E-state index contributed by atoms with van der Waals surface area (Å²) >= 11 is 7.49. The lowest BCUT2D eigenvalue weighted by molar-refractivity contribution is 0.0990. The number of ketones is 1. The fourth-order valence-electron chi connectivity index (χ4n) is 1.82. The van der Waals surface area contributed by atoms with E-state index >= 15 is 0 Å². The van der Waals surface area contributed by atoms with E-state index < -0.39 is 0 Å². The standard InChI is InChI=1S/C15H12ClFOS/c1-19-15-5-3-2-4-12(15)14(18)9-10-8-11(17)6-7-13(10)16/h2-8H,9H2,1H3. The third-order valence-electron chi connectivity index (χ3n) is 2.77. The first-order valence-corrected chi connectivity index (χ1v) is 7.32. The van der Waals surface area contributed by atoms with Crippen molar-refractivity contribution in [3.8, 4) is 0 Å². The number of Topliss-reactive ketones (excluding diaryl/α,β-unsaturated/α-hetero) is 1. The quantitative estimate of drug-likeness (QED) is 0.604. The van der Waals surface area contributed by atoms with E-state index in [0.29, 0.717) is 16.1 Å². The largest absolute Gasteiger partial charge is 0.294 e. The average Bonchev–Trinajstić information content (AvgIpc) is 2.42. The highest BCUT2D eigenvalue weighted by atomic mass is 35.5. The van der Waals surface area contributed by atoms with Crippen molar-refractivity contribution in [1.29, 1.82) is 0 Å². The molecule has 98 valence electrons. The third kappa shape index (κ3) is 3.37. The molecular formula is C15H12ClFOS. The lowest BCUT2D eigenvalue weighted by Crippen LogP contribution is -2.05. The van der Waals surface area contributed by atoms with Gasteiger partial charge in [-0.2, -0.15) is 0 Å². The predicted octanol–water partition coefficient (Wildman–Crippen LogP) is 4.63. The monoisotopic (exact) mass is 294 g/mol. The molecule has 2 aromatic carbocycles. The Hall–Kier alpha value is -1.32. The summed E-state index contributed by atoms with van der Waals surface area (Å²) < 4.78 is 13.2. The fourth-order valence-corrected chi connectivity index (χ4v) is 2.62. The zero-order valence-corrected chi connectivity index (χ0v) is 11.9. The van der Waals surface area contributed by atoms with E-state index in [1.54, 1.807) is 6.07 Å². The summed E-state index contributed by atoms with van der Waals surface area (Å²) in [5.41, 5.74) is 1.16. The predicted molar refractivity (Wildman–Crippen MR) is 77.7 cm³/mol. The molecule has 2 rings (SSSR count). The molecule has 0 saturated carbocycles. The topological polar surface area (TPSA) is 17.1 Å². The van der Waals surface area contributed by atoms with Crippen LogP contribution in [-0.2, 0) is 6.42 Å². The Morgan fingerprint density at radius 3 is 2.74 bits per heavy atom. The van der Waals surface area contributed by atoms with Crippen LogP contribution in [0.1, 0.15) is 15.9 Å². The van der Waals surface area contributed by atoms with Crippen molar-refractivity contribution in [2.75, 3.05) is 6.26 Å². The van der Waals surface area contributed by atoms with Gasteiger partial charge in [-0.1, -0.05) is 29.8 Å². The van der Waals surface area contributed by atoms with E-state index in [-0.39, 0.29) is 18.0 Å². The van der Waals surface area contributed by atoms with Crippen LogP contribution in [0.25, 0.3) is 0 Å². The SMILES string of the molecule is CSc1ccccc1C(=O)Cc1cc(F)ccc1Cl. The third-order valence-corrected chi connectivity index (χ3v) is 3.93. The maximum Gasteiger partial charge on any atom is 0.168 e. The molecule has 0 aliphatic rings. The first kappa shape index (κ1) is 14.1. The van der Waals surface area contributed by atoms with Crippen LogP contribution in [0.4, 0.5) is 4.39 Å². The highest BCUT2D eigenvalue weighted by Gasteiger charge is 2.13. The molecule has 0 aromatic heterocycles. The summed E-state index contributed by atoms with van der Waals surface area (Å²) in [5, 5.41) is 0.413. The average molecular weight is 295 g/mol. The van der Waals surface area contributed by atoms with E-state index in [0.717, 1.165) is 4.90 Å². The van der Waals surface area contributed by atoms with Gasteiger partial charge in [0, 0.05) is 21.9 Å². The maximum atomic E-state index is 13.2. The lowest BCUT2D eigenvalue weighted by atomic mass is 10.0. The van der Waals surface area contributed by atoms with Gasteiger partial charge in [0.15, 0.2) is 5.78 Å². The molecule has 0 spiro atoms. The number of benzene rings is 2. The smallest absolute Gasteiger partial charge is 0.168 e. The summed E-state index contributed by atoms with van der Waals surface area (Å²) in [6.07, 6.45) is 2.02. The van der Waals surface area contributed by atoms with Crippen molar-refractivity contribution in [3.63, 3.8) is 0 Å². The summed E-state index contributed by atoms with van der Waals surface area (Å²) in [6.45, 7) is 0. The molecule has 2 aromatic rings. The van der Waals surface area contributed by atoms with Crippen LogP contribution in [0.3, 0.4) is 0 Å². The van der Waals surface area contributed by atoms with Gasteiger partial charge in [0.25, 0.3) is 0 Å². The van der Waals surface area contributed by atoms with Crippen LogP contribution in [0.15, 0.2) is 47.4 Å². The fraction of sp³-hybridized carbons (Fsp3) is 0.133. The van der Waals surface area contributed by atoms with Gasteiger partial charge in [-0.15, -0.1) is 11.8 Å². The molecule has 1 nitrogen and oxygen atoms in total. The molecule has 0 unspecified atom stereocenters. The first-order chi connectivity index (χ1) is 9.11. The lowest BCUT2D eigenvalue weighted by Gasteiger charge is -2.07. The van der Waals surface area contributed by atoms with E-state index in [2.05, 4.69) is 0 Å². The summed E-state index contributed by atoms with van der Waals surface area (Å²) in [4.78, 5) is 13.2. The number of halogens is 2. The zero-order chi connectivity index (χ0) is 13.8. The molecule has 4 heteroatoms. The van der Waals surface area contributed by atoms with Crippen LogP contribution < -0.4 is 0 Å². The minimum Gasteiger partial charge on any atom is -0.294 e. The van der Waals surface area contributed by atoms with E-state index in [1.807, 2.05) is 24.5 Å². The Labute approximate surface area is 120 Å². The minimum absolute atomic E-state index is 0.0579. The van der Waals surface area contributed by atoms with Gasteiger partial charge in [-0.05, 0) is 36.1 Å². The molecular weight excluding hydrogens is 283 g/mol. The molecule has 19 heavy (non-hydrogen) atoms. The highest BCUT2D eigenvalue weighted by Crippen LogP contribution is 2.24. The van der Waals surface area contributed by atoms with Gasteiger partial charge in [-0.25, -0.2) is 4.39 Å². The Morgan fingerprint density at radius 1 is 1.26 bits per heavy atom. The molecule has 0 saturated heterocycles. The van der Waals surface area contributed by atoms with Gasteiger partial charge in [0.05, 0.1) is 0 Å². The van der Waals surface area contributed by atoms with Crippen molar-refractivity contribution in [3.05, 3.63) is 64.4 Å². The van der Waals surface area contributed by atoms with Crippen molar-refractivity contribution < 1.29 is 9.18 Å².